The minimum Gasteiger partial charge on any atom is -0.384 e. The Hall–Kier alpha value is -1.58. The van der Waals surface area contributed by atoms with Crippen molar-refractivity contribution in [2.75, 3.05) is 11.4 Å². The van der Waals surface area contributed by atoms with Crippen molar-refractivity contribution >= 4 is 11.7 Å². The Morgan fingerprint density at radius 1 is 1.44 bits per heavy atom. The largest absolute Gasteiger partial charge is 0.384 e. The number of amidine groups is 1. The van der Waals surface area contributed by atoms with Crippen molar-refractivity contribution in [2.45, 2.75) is 45.1 Å². The molecule has 0 radical (unpaired) electrons. The summed E-state index contributed by atoms with van der Waals surface area (Å²) in [7, 11) is 0. The van der Waals surface area contributed by atoms with E-state index in [-0.39, 0.29) is 5.84 Å². The number of aromatic nitrogens is 1. The standard InChI is InChI=1S/C14H22N4/c1-2-12-6-4-3-5-9-18(12)13-8-7-11(10-17-13)14(15)16/h7-8,10,12H,2-6,9H2,1H3,(H3,15,16). The molecule has 0 spiro atoms. The molecule has 1 aromatic rings. The van der Waals surface area contributed by atoms with Gasteiger partial charge in [-0.15, -0.1) is 0 Å². The van der Waals surface area contributed by atoms with E-state index in [4.69, 9.17) is 11.1 Å². The highest BCUT2D eigenvalue weighted by Crippen LogP contribution is 2.24. The Morgan fingerprint density at radius 3 is 2.89 bits per heavy atom. The Bertz CT molecular complexity index is 399. The van der Waals surface area contributed by atoms with Crippen LogP contribution < -0.4 is 10.6 Å². The van der Waals surface area contributed by atoms with E-state index in [1.807, 2.05) is 12.1 Å². The van der Waals surface area contributed by atoms with E-state index in [0.717, 1.165) is 18.8 Å². The van der Waals surface area contributed by atoms with Crippen LogP contribution in [0, 0.1) is 5.41 Å². The first-order chi connectivity index (χ1) is 8.72. The molecule has 4 heteroatoms. The summed E-state index contributed by atoms with van der Waals surface area (Å²) >= 11 is 0. The quantitative estimate of drug-likeness (QED) is 0.636. The third-order valence-corrected chi connectivity index (χ3v) is 3.70. The Morgan fingerprint density at radius 2 is 2.28 bits per heavy atom. The molecule has 1 atom stereocenters. The zero-order valence-electron chi connectivity index (χ0n) is 11.0. The van der Waals surface area contributed by atoms with Crippen LogP contribution in [0.2, 0.25) is 0 Å². The van der Waals surface area contributed by atoms with Crippen molar-refractivity contribution in [2.24, 2.45) is 5.73 Å². The van der Waals surface area contributed by atoms with Crippen molar-refractivity contribution in [1.29, 1.82) is 5.41 Å². The maximum absolute atomic E-state index is 7.39. The molecule has 1 aromatic heterocycles. The molecule has 0 aliphatic carbocycles. The molecule has 18 heavy (non-hydrogen) atoms. The second-order valence-corrected chi connectivity index (χ2v) is 4.92. The lowest BCUT2D eigenvalue weighted by molar-refractivity contribution is 0.552. The molecule has 1 saturated heterocycles. The summed E-state index contributed by atoms with van der Waals surface area (Å²) in [6.45, 7) is 3.33. The predicted molar refractivity (Wildman–Crippen MR) is 75.1 cm³/mol. The number of pyridine rings is 1. The number of nitrogens with two attached hydrogens (primary N) is 1. The van der Waals surface area contributed by atoms with Crippen LogP contribution in [-0.4, -0.2) is 23.4 Å². The lowest BCUT2D eigenvalue weighted by Crippen LogP contribution is -2.35. The first-order valence-corrected chi connectivity index (χ1v) is 6.79. The van der Waals surface area contributed by atoms with Gasteiger partial charge in [0, 0.05) is 24.3 Å². The van der Waals surface area contributed by atoms with Crippen molar-refractivity contribution < 1.29 is 0 Å². The van der Waals surface area contributed by atoms with Crippen molar-refractivity contribution in [3.8, 4) is 0 Å². The molecule has 2 heterocycles. The number of hydrogen-bond acceptors (Lipinski definition) is 3. The predicted octanol–water partition coefficient (Wildman–Crippen LogP) is 2.52. The summed E-state index contributed by atoms with van der Waals surface area (Å²) in [6.07, 6.45) is 8.00. The molecule has 1 fully saturated rings. The van der Waals surface area contributed by atoms with Gasteiger partial charge in [0.25, 0.3) is 0 Å². The summed E-state index contributed by atoms with van der Waals surface area (Å²) in [4.78, 5) is 6.88. The van der Waals surface area contributed by atoms with Crippen LogP contribution in [0.15, 0.2) is 18.3 Å². The van der Waals surface area contributed by atoms with E-state index in [2.05, 4.69) is 16.8 Å². The van der Waals surface area contributed by atoms with E-state index in [9.17, 15) is 0 Å². The molecule has 1 aliphatic heterocycles. The number of nitrogens with zero attached hydrogens (tertiary/aromatic N) is 2. The number of rotatable bonds is 3. The van der Waals surface area contributed by atoms with Gasteiger partial charge in [-0.25, -0.2) is 4.98 Å². The lowest BCUT2D eigenvalue weighted by atomic mass is 10.1. The SMILES string of the molecule is CCC1CCCCCN1c1ccc(C(=N)N)cn1. The molecule has 0 amide bonds. The Kier molecular flexibility index (Phi) is 4.18. The van der Waals surface area contributed by atoms with E-state index >= 15 is 0 Å². The Balaban J connectivity index is 2.19. The number of nitrogen functional groups attached to an aromatic ring is 1. The molecule has 0 aromatic carbocycles. The third kappa shape index (κ3) is 2.81. The van der Waals surface area contributed by atoms with Gasteiger partial charge >= 0.3 is 0 Å². The van der Waals surface area contributed by atoms with Gasteiger partial charge in [0.15, 0.2) is 0 Å². The van der Waals surface area contributed by atoms with Gasteiger partial charge in [-0.1, -0.05) is 19.8 Å². The smallest absolute Gasteiger partial charge is 0.128 e. The molecule has 4 nitrogen and oxygen atoms in total. The molecule has 2 rings (SSSR count). The first kappa shape index (κ1) is 12.9. The number of nitrogens with one attached hydrogen (secondary N) is 1. The third-order valence-electron chi connectivity index (χ3n) is 3.70. The molecular formula is C14H22N4. The average molecular weight is 246 g/mol. The van der Waals surface area contributed by atoms with Gasteiger partial charge in [-0.2, -0.15) is 0 Å². The van der Waals surface area contributed by atoms with Gasteiger partial charge < -0.3 is 10.6 Å². The van der Waals surface area contributed by atoms with Crippen LogP contribution in [0.4, 0.5) is 5.82 Å². The van der Waals surface area contributed by atoms with Crippen LogP contribution in [0.1, 0.15) is 44.6 Å². The second-order valence-electron chi connectivity index (χ2n) is 4.92. The fourth-order valence-corrected chi connectivity index (χ4v) is 2.62. The molecule has 1 aliphatic rings. The van der Waals surface area contributed by atoms with Gasteiger partial charge in [0.2, 0.25) is 0 Å². The fourth-order valence-electron chi connectivity index (χ4n) is 2.62. The summed E-state index contributed by atoms with van der Waals surface area (Å²) in [5, 5.41) is 7.39. The van der Waals surface area contributed by atoms with E-state index in [1.165, 1.54) is 25.7 Å². The maximum Gasteiger partial charge on any atom is 0.128 e. The highest BCUT2D eigenvalue weighted by molar-refractivity contribution is 5.94. The van der Waals surface area contributed by atoms with Gasteiger partial charge in [-0.3, -0.25) is 5.41 Å². The van der Waals surface area contributed by atoms with Crippen molar-refractivity contribution in [3.63, 3.8) is 0 Å². The highest BCUT2D eigenvalue weighted by Gasteiger charge is 2.20. The molecular weight excluding hydrogens is 224 g/mol. The van der Waals surface area contributed by atoms with E-state index in [0.29, 0.717) is 11.6 Å². The summed E-state index contributed by atoms with van der Waals surface area (Å²) in [5.74, 6) is 1.10. The molecule has 0 saturated carbocycles. The van der Waals surface area contributed by atoms with Crippen LogP contribution in [-0.2, 0) is 0 Å². The van der Waals surface area contributed by atoms with Crippen LogP contribution in [0.3, 0.4) is 0 Å². The number of hydrogen-bond donors (Lipinski definition) is 2. The van der Waals surface area contributed by atoms with E-state index in [1.54, 1.807) is 6.20 Å². The number of anilines is 1. The van der Waals surface area contributed by atoms with Gasteiger partial charge in [0.1, 0.15) is 11.7 Å². The molecule has 1 unspecified atom stereocenters. The second kappa shape index (κ2) is 5.85. The zero-order valence-corrected chi connectivity index (χ0v) is 11.0. The molecule has 3 N–H and O–H groups in total. The van der Waals surface area contributed by atoms with E-state index < -0.39 is 0 Å². The normalized spacial score (nSPS) is 20.5. The summed E-state index contributed by atoms with van der Waals surface area (Å²) < 4.78 is 0. The van der Waals surface area contributed by atoms with Crippen molar-refractivity contribution in [1.82, 2.24) is 4.98 Å². The van der Waals surface area contributed by atoms with Crippen molar-refractivity contribution in [3.05, 3.63) is 23.9 Å². The minimum absolute atomic E-state index is 0.0805. The molecule has 0 bridgehead atoms. The monoisotopic (exact) mass is 246 g/mol. The average Bonchev–Trinajstić information content (AvgIpc) is 2.63. The summed E-state index contributed by atoms with van der Waals surface area (Å²) in [5.41, 5.74) is 6.15. The van der Waals surface area contributed by atoms with Gasteiger partial charge in [-0.05, 0) is 31.4 Å². The first-order valence-electron chi connectivity index (χ1n) is 6.79. The molecule has 98 valence electrons. The summed E-state index contributed by atoms with van der Waals surface area (Å²) in [6, 6.07) is 4.48. The minimum atomic E-state index is 0.0805. The van der Waals surface area contributed by atoms with Crippen LogP contribution >= 0.6 is 0 Å². The highest BCUT2D eigenvalue weighted by atomic mass is 15.2. The van der Waals surface area contributed by atoms with Crippen LogP contribution in [0.5, 0.6) is 0 Å². The van der Waals surface area contributed by atoms with Gasteiger partial charge in [0.05, 0.1) is 0 Å². The maximum atomic E-state index is 7.39. The Labute approximate surface area is 109 Å². The zero-order chi connectivity index (χ0) is 13.0. The fraction of sp³-hybridized carbons (Fsp3) is 0.571. The lowest BCUT2D eigenvalue weighted by Gasteiger charge is -2.30. The topological polar surface area (TPSA) is 66.0 Å². The van der Waals surface area contributed by atoms with Crippen LogP contribution in [0.25, 0.3) is 0 Å².